The molecule has 0 aliphatic heterocycles. The molecule has 0 atom stereocenters. The topological polar surface area (TPSA) is 51.6 Å². The second-order valence-corrected chi connectivity index (χ2v) is 10.6. The number of fused-ring (bicyclic) bond motifs is 1. The van der Waals surface area contributed by atoms with Crippen molar-refractivity contribution in [1.29, 1.82) is 0 Å². The van der Waals surface area contributed by atoms with Gasteiger partial charge in [0.25, 0.3) is 0 Å². The highest BCUT2D eigenvalue weighted by atomic mass is 35.5. The van der Waals surface area contributed by atoms with E-state index < -0.39 is 0 Å². The zero-order valence-corrected chi connectivity index (χ0v) is 23.8. The molecule has 0 spiro atoms. The standard InChI is InChI=1S/C36H22Cl2N4/c37-31-22-39-35(42-34(31)24-11-5-2-6-12-24)28-15-7-13-26(20-28)29-16-8-14-25-19-27(17-18-30(25)29)33-21-32(40-36(38)41-33)23-9-3-1-4-10-23/h1-22H. The van der Waals surface area contributed by atoms with Crippen LogP contribution in [-0.4, -0.2) is 19.9 Å². The number of nitrogens with zero attached hydrogens (tertiary/aromatic N) is 4. The fourth-order valence-corrected chi connectivity index (χ4v) is 5.53. The lowest BCUT2D eigenvalue weighted by Gasteiger charge is -2.11. The van der Waals surface area contributed by atoms with Gasteiger partial charge in [-0.1, -0.05) is 121 Å². The van der Waals surface area contributed by atoms with Crippen LogP contribution < -0.4 is 0 Å². The normalized spacial score (nSPS) is 11.1. The van der Waals surface area contributed by atoms with Gasteiger partial charge in [0.15, 0.2) is 5.82 Å². The zero-order valence-electron chi connectivity index (χ0n) is 22.2. The van der Waals surface area contributed by atoms with E-state index in [1.807, 2.05) is 78.9 Å². The predicted octanol–water partition coefficient (Wildman–Crippen LogP) is 10.1. The van der Waals surface area contributed by atoms with Gasteiger partial charge in [-0.05, 0) is 51.7 Å². The van der Waals surface area contributed by atoms with Gasteiger partial charge in [-0.15, -0.1) is 0 Å². The van der Waals surface area contributed by atoms with Gasteiger partial charge in [-0.3, -0.25) is 0 Å². The Labute approximate surface area is 253 Å². The monoisotopic (exact) mass is 580 g/mol. The van der Waals surface area contributed by atoms with E-state index in [0.29, 0.717) is 16.5 Å². The van der Waals surface area contributed by atoms with Crippen molar-refractivity contribution in [2.24, 2.45) is 0 Å². The lowest BCUT2D eigenvalue weighted by atomic mass is 9.95. The molecule has 0 fully saturated rings. The molecule has 0 aliphatic carbocycles. The molecular formula is C36H22Cl2N4. The highest BCUT2D eigenvalue weighted by Crippen LogP contribution is 2.35. The molecule has 4 nitrogen and oxygen atoms in total. The second-order valence-electron chi connectivity index (χ2n) is 9.85. The molecule has 2 heterocycles. The van der Waals surface area contributed by atoms with Crippen LogP contribution in [0, 0.1) is 0 Å². The number of hydrogen-bond acceptors (Lipinski definition) is 4. The minimum Gasteiger partial charge on any atom is -0.235 e. The van der Waals surface area contributed by atoms with Crippen molar-refractivity contribution < 1.29 is 0 Å². The lowest BCUT2D eigenvalue weighted by Crippen LogP contribution is -1.94. The van der Waals surface area contributed by atoms with Crippen molar-refractivity contribution in [3.63, 3.8) is 0 Å². The summed E-state index contributed by atoms with van der Waals surface area (Å²) < 4.78 is 0. The fourth-order valence-electron chi connectivity index (χ4n) is 5.15. The summed E-state index contributed by atoms with van der Waals surface area (Å²) in [6, 6.07) is 42.8. The van der Waals surface area contributed by atoms with Crippen LogP contribution >= 0.6 is 23.2 Å². The van der Waals surface area contributed by atoms with Gasteiger partial charge in [0, 0.05) is 22.3 Å². The maximum Gasteiger partial charge on any atom is 0.223 e. The molecule has 200 valence electrons. The summed E-state index contributed by atoms with van der Waals surface area (Å²) in [5, 5.41) is 2.97. The highest BCUT2D eigenvalue weighted by Gasteiger charge is 2.13. The second kappa shape index (κ2) is 11.2. The fraction of sp³-hybridized carbons (Fsp3) is 0. The van der Waals surface area contributed by atoms with Gasteiger partial charge in [0.2, 0.25) is 5.28 Å². The molecule has 0 bridgehead atoms. The SMILES string of the molecule is Clc1nc(-c2ccccc2)cc(-c2ccc3c(-c4cccc(-c5ncc(Cl)c(-c6ccccc6)n5)c4)cccc3c2)n1. The van der Waals surface area contributed by atoms with Gasteiger partial charge in [-0.25, -0.2) is 19.9 Å². The third kappa shape index (κ3) is 5.14. The Morgan fingerprint density at radius 1 is 0.476 bits per heavy atom. The minimum absolute atomic E-state index is 0.219. The Bertz CT molecular complexity index is 2060. The predicted molar refractivity (Wildman–Crippen MR) is 172 cm³/mol. The number of hydrogen-bond donors (Lipinski definition) is 0. The van der Waals surface area contributed by atoms with Crippen molar-refractivity contribution >= 4 is 34.0 Å². The van der Waals surface area contributed by atoms with Crippen LogP contribution in [0.1, 0.15) is 0 Å². The Kier molecular flexibility index (Phi) is 6.92. The van der Waals surface area contributed by atoms with Crippen molar-refractivity contribution in [3.05, 3.63) is 144 Å². The van der Waals surface area contributed by atoms with Gasteiger partial charge in [0.05, 0.1) is 28.3 Å². The molecule has 0 amide bonds. The first-order valence-electron chi connectivity index (χ1n) is 13.4. The maximum absolute atomic E-state index is 6.48. The highest BCUT2D eigenvalue weighted by molar-refractivity contribution is 6.33. The molecule has 7 rings (SSSR count). The summed E-state index contributed by atoms with van der Waals surface area (Å²) in [7, 11) is 0. The largest absolute Gasteiger partial charge is 0.235 e. The van der Waals surface area contributed by atoms with Gasteiger partial charge >= 0.3 is 0 Å². The summed E-state index contributed by atoms with van der Waals surface area (Å²) in [4.78, 5) is 18.3. The van der Waals surface area contributed by atoms with Gasteiger partial charge < -0.3 is 0 Å². The molecule has 0 unspecified atom stereocenters. The average Bonchev–Trinajstić information content (AvgIpc) is 3.05. The molecular weight excluding hydrogens is 559 g/mol. The lowest BCUT2D eigenvalue weighted by molar-refractivity contribution is 1.18. The van der Waals surface area contributed by atoms with E-state index >= 15 is 0 Å². The van der Waals surface area contributed by atoms with E-state index in [0.717, 1.165) is 55.5 Å². The molecule has 0 saturated carbocycles. The van der Waals surface area contributed by atoms with Crippen LogP contribution in [0.15, 0.2) is 134 Å². The van der Waals surface area contributed by atoms with Crippen LogP contribution in [0.4, 0.5) is 0 Å². The molecule has 0 saturated heterocycles. The summed E-state index contributed by atoms with van der Waals surface area (Å²) in [6.45, 7) is 0. The van der Waals surface area contributed by atoms with Gasteiger partial charge in [-0.2, -0.15) is 0 Å². The van der Waals surface area contributed by atoms with E-state index in [1.54, 1.807) is 6.20 Å². The Morgan fingerprint density at radius 3 is 1.93 bits per heavy atom. The molecule has 0 N–H and O–H groups in total. The first kappa shape index (κ1) is 26.0. The molecule has 2 aromatic heterocycles. The molecule has 6 heteroatoms. The van der Waals surface area contributed by atoms with E-state index in [-0.39, 0.29) is 5.28 Å². The smallest absolute Gasteiger partial charge is 0.223 e. The zero-order chi connectivity index (χ0) is 28.5. The molecule has 7 aromatic rings. The molecule has 0 radical (unpaired) electrons. The number of benzene rings is 5. The van der Waals surface area contributed by atoms with E-state index in [9.17, 15) is 0 Å². The van der Waals surface area contributed by atoms with Crippen LogP contribution in [0.3, 0.4) is 0 Å². The summed E-state index contributed by atoms with van der Waals surface area (Å²) in [5.41, 5.74) is 8.29. The Morgan fingerprint density at radius 2 is 1.14 bits per heavy atom. The minimum atomic E-state index is 0.219. The van der Waals surface area contributed by atoms with Crippen molar-refractivity contribution in [3.8, 4) is 56.3 Å². The number of halogens is 2. The third-order valence-corrected chi connectivity index (χ3v) is 7.61. The third-order valence-electron chi connectivity index (χ3n) is 7.17. The average molecular weight is 582 g/mol. The van der Waals surface area contributed by atoms with Crippen LogP contribution in [0.25, 0.3) is 67.1 Å². The molecule has 0 aliphatic rings. The van der Waals surface area contributed by atoms with Crippen LogP contribution in [-0.2, 0) is 0 Å². The van der Waals surface area contributed by atoms with Gasteiger partial charge in [0.1, 0.15) is 0 Å². The van der Waals surface area contributed by atoms with Crippen molar-refractivity contribution in [2.45, 2.75) is 0 Å². The van der Waals surface area contributed by atoms with Crippen LogP contribution in [0.2, 0.25) is 10.3 Å². The van der Waals surface area contributed by atoms with E-state index in [1.165, 1.54) is 0 Å². The summed E-state index contributed by atoms with van der Waals surface area (Å²) in [6.07, 6.45) is 1.67. The number of rotatable bonds is 5. The Balaban J connectivity index is 1.27. The van der Waals surface area contributed by atoms with Crippen molar-refractivity contribution in [1.82, 2.24) is 19.9 Å². The summed E-state index contributed by atoms with van der Waals surface area (Å²) in [5.74, 6) is 0.623. The summed E-state index contributed by atoms with van der Waals surface area (Å²) >= 11 is 12.8. The molecule has 5 aromatic carbocycles. The number of aromatic nitrogens is 4. The molecule has 42 heavy (non-hydrogen) atoms. The first-order chi connectivity index (χ1) is 20.6. The van der Waals surface area contributed by atoms with E-state index in [2.05, 4.69) is 63.5 Å². The van der Waals surface area contributed by atoms with E-state index in [4.69, 9.17) is 28.2 Å². The first-order valence-corrected chi connectivity index (χ1v) is 14.2. The van der Waals surface area contributed by atoms with Crippen molar-refractivity contribution in [2.75, 3.05) is 0 Å². The Hall–Kier alpha value is -4.90. The van der Waals surface area contributed by atoms with Crippen LogP contribution in [0.5, 0.6) is 0 Å². The maximum atomic E-state index is 6.48. The quantitative estimate of drug-likeness (QED) is 0.190.